The van der Waals surface area contributed by atoms with Gasteiger partial charge in [0.2, 0.25) is 0 Å². The van der Waals surface area contributed by atoms with Crippen LogP contribution in [0.3, 0.4) is 0 Å². The Morgan fingerprint density at radius 1 is 1.64 bits per heavy atom. The van der Waals surface area contributed by atoms with E-state index in [9.17, 15) is 4.79 Å². The van der Waals surface area contributed by atoms with Crippen molar-refractivity contribution >= 4 is 16.3 Å². The molecule has 0 saturated heterocycles. The Hall–Kier alpha value is -1.16. The van der Waals surface area contributed by atoms with E-state index in [0.29, 0.717) is 0 Å². The van der Waals surface area contributed by atoms with E-state index in [0.717, 1.165) is 9.84 Å². The average Bonchev–Trinajstić information content (AvgIpc) is 2.31. The molecule has 0 aliphatic carbocycles. The van der Waals surface area contributed by atoms with Gasteiger partial charge in [-0.05, 0) is 6.92 Å². The summed E-state index contributed by atoms with van der Waals surface area (Å²) >= 11 is 1.52. The third kappa shape index (κ3) is 0.952. The molecular formula is C7H6N2OS. The Morgan fingerprint density at radius 3 is 3.18 bits per heavy atom. The molecule has 0 aliphatic heterocycles. The van der Waals surface area contributed by atoms with Gasteiger partial charge in [-0.3, -0.25) is 9.20 Å². The number of rotatable bonds is 0. The molecular weight excluding hydrogens is 160 g/mol. The van der Waals surface area contributed by atoms with Gasteiger partial charge in [-0.25, -0.2) is 4.98 Å². The first-order valence-electron chi connectivity index (χ1n) is 3.21. The van der Waals surface area contributed by atoms with Gasteiger partial charge in [-0.2, -0.15) is 0 Å². The van der Waals surface area contributed by atoms with Crippen LogP contribution in [0.5, 0.6) is 0 Å². The maximum atomic E-state index is 11.1. The van der Waals surface area contributed by atoms with Crippen LogP contribution < -0.4 is 5.56 Å². The van der Waals surface area contributed by atoms with Crippen LogP contribution in [0.25, 0.3) is 4.96 Å². The average molecular weight is 166 g/mol. The second-order valence-corrected chi connectivity index (χ2v) is 3.49. The topological polar surface area (TPSA) is 34.4 Å². The highest BCUT2D eigenvalue weighted by molar-refractivity contribution is 7.16. The molecule has 2 heterocycles. The summed E-state index contributed by atoms with van der Waals surface area (Å²) in [5.41, 5.74) is -0.0145. The van der Waals surface area contributed by atoms with Crippen LogP contribution in [-0.2, 0) is 0 Å². The van der Waals surface area contributed by atoms with Crippen LogP contribution in [0.4, 0.5) is 0 Å². The van der Waals surface area contributed by atoms with E-state index in [-0.39, 0.29) is 5.56 Å². The second-order valence-electron chi connectivity index (χ2n) is 2.28. The number of fused-ring (bicyclic) bond motifs is 1. The predicted molar refractivity (Wildman–Crippen MR) is 44.1 cm³/mol. The Labute approximate surface area is 66.9 Å². The molecule has 0 saturated carbocycles. The molecule has 0 N–H and O–H groups in total. The summed E-state index contributed by atoms with van der Waals surface area (Å²) in [6.07, 6.45) is 3.34. The Morgan fingerprint density at radius 2 is 2.45 bits per heavy atom. The minimum Gasteiger partial charge on any atom is -0.269 e. The smallest absolute Gasteiger partial charge is 0.258 e. The molecule has 0 spiro atoms. The van der Waals surface area contributed by atoms with E-state index in [1.807, 2.05) is 6.92 Å². The van der Waals surface area contributed by atoms with Gasteiger partial charge in [0.15, 0.2) is 4.96 Å². The number of aryl methyl sites for hydroxylation is 1. The lowest BCUT2D eigenvalue weighted by molar-refractivity contribution is 1.07. The quantitative estimate of drug-likeness (QED) is 0.586. The molecule has 0 fully saturated rings. The summed E-state index contributed by atoms with van der Waals surface area (Å²) in [5.74, 6) is 0. The zero-order chi connectivity index (χ0) is 7.84. The molecule has 0 atom stereocenters. The van der Waals surface area contributed by atoms with Crippen LogP contribution in [0.15, 0.2) is 23.3 Å². The highest BCUT2D eigenvalue weighted by atomic mass is 32.1. The van der Waals surface area contributed by atoms with E-state index in [2.05, 4.69) is 4.98 Å². The third-order valence-corrected chi connectivity index (χ3v) is 2.32. The van der Waals surface area contributed by atoms with Crippen molar-refractivity contribution in [1.82, 2.24) is 9.38 Å². The Bertz CT molecular complexity index is 443. The van der Waals surface area contributed by atoms with Gasteiger partial charge >= 0.3 is 0 Å². The molecule has 2 rings (SSSR count). The van der Waals surface area contributed by atoms with Crippen molar-refractivity contribution < 1.29 is 0 Å². The lowest BCUT2D eigenvalue weighted by Crippen LogP contribution is -2.09. The summed E-state index contributed by atoms with van der Waals surface area (Å²) in [7, 11) is 0. The molecule has 2 aromatic heterocycles. The molecule has 0 amide bonds. The van der Waals surface area contributed by atoms with Crippen molar-refractivity contribution in [2.24, 2.45) is 0 Å². The standard InChI is InChI=1S/C7H6N2OS/c1-5-4-9-6(10)2-3-8-7(9)11-5/h2-4H,1H3. The molecule has 11 heavy (non-hydrogen) atoms. The molecule has 2 aromatic rings. The van der Waals surface area contributed by atoms with Crippen molar-refractivity contribution in [2.75, 3.05) is 0 Å². The molecule has 0 unspecified atom stereocenters. The number of aromatic nitrogens is 2. The normalized spacial score (nSPS) is 10.6. The fourth-order valence-corrected chi connectivity index (χ4v) is 1.75. The van der Waals surface area contributed by atoms with E-state index in [1.54, 1.807) is 10.6 Å². The van der Waals surface area contributed by atoms with Crippen LogP contribution in [0.1, 0.15) is 4.88 Å². The first kappa shape index (κ1) is 6.54. The zero-order valence-electron chi connectivity index (χ0n) is 5.94. The van der Waals surface area contributed by atoms with Crippen LogP contribution in [-0.4, -0.2) is 9.38 Å². The molecule has 3 nitrogen and oxygen atoms in total. The number of nitrogens with zero attached hydrogens (tertiary/aromatic N) is 2. The molecule has 56 valence electrons. The van der Waals surface area contributed by atoms with Crippen LogP contribution in [0.2, 0.25) is 0 Å². The number of hydrogen-bond acceptors (Lipinski definition) is 3. The van der Waals surface area contributed by atoms with E-state index >= 15 is 0 Å². The molecule has 0 radical (unpaired) electrons. The van der Waals surface area contributed by atoms with Crippen molar-refractivity contribution in [1.29, 1.82) is 0 Å². The summed E-state index contributed by atoms with van der Waals surface area (Å²) in [6.45, 7) is 1.96. The highest BCUT2D eigenvalue weighted by Gasteiger charge is 1.98. The van der Waals surface area contributed by atoms with Gasteiger partial charge in [0.05, 0.1) is 0 Å². The summed E-state index contributed by atoms with van der Waals surface area (Å²) in [5, 5.41) is 0. The Balaban J connectivity index is 3.02. The summed E-state index contributed by atoms with van der Waals surface area (Å²) in [6, 6.07) is 1.46. The van der Waals surface area contributed by atoms with Crippen LogP contribution >= 0.6 is 11.3 Å². The Kier molecular flexibility index (Phi) is 1.29. The van der Waals surface area contributed by atoms with Gasteiger partial charge in [-0.15, -0.1) is 11.3 Å². The summed E-state index contributed by atoms with van der Waals surface area (Å²) < 4.78 is 1.56. The first-order chi connectivity index (χ1) is 5.27. The van der Waals surface area contributed by atoms with Gasteiger partial charge < -0.3 is 0 Å². The fourth-order valence-electron chi connectivity index (χ4n) is 0.948. The van der Waals surface area contributed by atoms with E-state index < -0.39 is 0 Å². The minimum atomic E-state index is -0.0145. The summed E-state index contributed by atoms with van der Waals surface area (Å²) in [4.78, 5) is 17.0. The lowest BCUT2D eigenvalue weighted by Gasteiger charge is -1.85. The SMILES string of the molecule is Cc1cn2c(=O)ccnc2s1. The van der Waals surface area contributed by atoms with Gasteiger partial charge in [-0.1, -0.05) is 0 Å². The largest absolute Gasteiger partial charge is 0.269 e. The third-order valence-electron chi connectivity index (χ3n) is 1.41. The highest BCUT2D eigenvalue weighted by Crippen LogP contribution is 2.11. The molecule has 0 bridgehead atoms. The van der Waals surface area contributed by atoms with Crippen molar-refractivity contribution in [3.05, 3.63) is 33.7 Å². The van der Waals surface area contributed by atoms with Gasteiger partial charge in [0.25, 0.3) is 5.56 Å². The number of thiazole rings is 1. The monoisotopic (exact) mass is 166 g/mol. The zero-order valence-corrected chi connectivity index (χ0v) is 6.76. The second kappa shape index (κ2) is 2.17. The van der Waals surface area contributed by atoms with E-state index in [4.69, 9.17) is 0 Å². The minimum absolute atomic E-state index is 0.0145. The van der Waals surface area contributed by atoms with Gasteiger partial charge in [0, 0.05) is 23.3 Å². The van der Waals surface area contributed by atoms with Crippen LogP contribution in [0, 0.1) is 6.92 Å². The van der Waals surface area contributed by atoms with Gasteiger partial charge in [0.1, 0.15) is 0 Å². The number of hydrogen-bond donors (Lipinski definition) is 0. The molecule has 0 aliphatic rings. The maximum absolute atomic E-state index is 11.1. The van der Waals surface area contributed by atoms with Crippen molar-refractivity contribution in [3.63, 3.8) is 0 Å². The maximum Gasteiger partial charge on any atom is 0.258 e. The predicted octanol–water partition coefficient (Wildman–Crippen LogP) is 1.06. The van der Waals surface area contributed by atoms with Crippen molar-refractivity contribution in [2.45, 2.75) is 6.92 Å². The first-order valence-corrected chi connectivity index (χ1v) is 4.03. The van der Waals surface area contributed by atoms with E-state index in [1.165, 1.54) is 23.6 Å². The lowest BCUT2D eigenvalue weighted by atomic mass is 10.6. The molecule has 4 heteroatoms. The fraction of sp³-hybridized carbons (Fsp3) is 0.143. The molecule has 0 aromatic carbocycles. The van der Waals surface area contributed by atoms with Crippen molar-refractivity contribution in [3.8, 4) is 0 Å².